The minimum Gasteiger partial charge on any atom is -0.386 e. The molecule has 6 nitrogen and oxygen atoms in total. The summed E-state index contributed by atoms with van der Waals surface area (Å²) >= 11 is 3.21. The van der Waals surface area contributed by atoms with E-state index in [1.807, 2.05) is 0 Å². The minimum absolute atomic E-state index is 0.0226. The minimum atomic E-state index is -3.87. The molecule has 2 rings (SSSR count). The fraction of sp³-hybridized carbons (Fsp3) is 0.235. The zero-order valence-electron chi connectivity index (χ0n) is 14.2. The number of rotatable bonds is 7. The van der Waals surface area contributed by atoms with E-state index >= 15 is 0 Å². The summed E-state index contributed by atoms with van der Waals surface area (Å²) < 4.78 is 52.9. The highest BCUT2D eigenvalue weighted by molar-refractivity contribution is 9.10. The lowest BCUT2D eigenvalue weighted by Gasteiger charge is -2.18. The van der Waals surface area contributed by atoms with E-state index in [0.717, 1.165) is 16.4 Å². The van der Waals surface area contributed by atoms with Crippen LogP contribution in [0.5, 0.6) is 0 Å². The summed E-state index contributed by atoms with van der Waals surface area (Å²) in [5.41, 5.74) is -0.174. The normalized spacial score (nSPS) is 12.8. The molecule has 1 atom stereocenters. The smallest absolute Gasteiger partial charge is 0.243 e. The van der Waals surface area contributed by atoms with E-state index in [1.54, 1.807) is 12.1 Å². The maximum Gasteiger partial charge on any atom is 0.243 e. The van der Waals surface area contributed by atoms with Crippen molar-refractivity contribution in [1.29, 1.82) is 0 Å². The Bertz CT molecular complexity index is 923. The van der Waals surface area contributed by atoms with E-state index in [9.17, 15) is 27.1 Å². The molecular weight excluding hydrogens is 446 g/mol. The lowest BCUT2D eigenvalue weighted by molar-refractivity contribution is -0.121. The number of carbonyl (C=O) groups is 1. The number of aliphatic hydroxyl groups excluding tert-OH is 1. The van der Waals surface area contributed by atoms with Crippen molar-refractivity contribution >= 4 is 31.9 Å². The average molecular weight is 463 g/mol. The van der Waals surface area contributed by atoms with E-state index in [0.29, 0.717) is 10.5 Å². The van der Waals surface area contributed by atoms with Crippen LogP contribution in [-0.2, 0) is 14.8 Å². The first-order valence-corrected chi connectivity index (χ1v) is 9.96. The third-order valence-electron chi connectivity index (χ3n) is 3.70. The predicted octanol–water partition coefficient (Wildman–Crippen LogP) is 2.20. The first-order valence-electron chi connectivity index (χ1n) is 7.73. The second kappa shape index (κ2) is 8.87. The number of benzene rings is 2. The topological polar surface area (TPSA) is 86.7 Å². The Hall–Kier alpha value is -1.88. The summed E-state index contributed by atoms with van der Waals surface area (Å²) in [6, 6.07) is 8.61. The van der Waals surface area contributed by atoms with E-state index < -0.39 is 40.2 Å². The van der Waals surface area contributed by atoms with Crippen molar-refractivity contribution in [3.63, 3.8) is 0 Å². The summed E-state index contributed by atoms with van der Waals surface area (Å²) in [6.45, 7) is -0.843. The van der Waals surface area contributed by atoms with Crippen LogP contribution in [-0.4, -0.2) is 43.9 Å². The summed E-state index contributed by atoms with van der Waals surface area (Å²) in [7, 11) is -2.62. The van der Waals surface area contributed by atoms with Crippen molar-refractivity contribution in [2.24, 2.45) is 0 Å². The van der Waals surface area contributed by atoms with Gasteiger partial charge in [0.05, 0.1) is 17.5 Å². The van der Waals surface area contributed by atoms with Gasteiger partial charge >= 0.3 is 0 Å². The molecule has 1 unspecified atom stereocenters. The molecule has 0 fully saturated rings. The number of likely N-dealkylation sites (N-methyl/N-ethyl adjacent to an activating group) is 1. The molecule has 0 saturated carbocycles. The van der Waals surface area contributed by atoms with Crippen LogP contribution in [0.3, 0.4) is 0 Å². The molecule has 27 heavy (non-hydrogen) atoms. The van der Waals surface area contributed by atoms with E-state index in [1.165, 1.54) is 19.2 Å². The Labute approximate surface area is 164 Å². The monoisotopic (exact) mass is 462 g/mol. The predicted molar refractivity (Wildman–Crippen MR) is 98.3 cm³/mol. The maximum absolute atomic E-state index is 13.6. The highest BCUT2D eigenvalue weighted by Crippen LogP contribution is 2.19. The van der Waals surface area contributed by atoms with Gasteiger partial charge in [-0.1, -0.05) is 22.0 Å². The van der Waals surface area contributed by atoms with Crippen molar-refractivity contribution in [3.05, 3.63) is 64.1 Å². The molecule has 0 bridgehead atoms. The molecule has 1 amide bonds. The molecule has 0 aromatic heterocycles. The van der Waals surface area contributed by atoms with Gasteiger partial charge in [0.2, 0.25) is 15.9 Å². The number of sulfonamides is 1. The van der Waals surface area contributed by atoms with Gasteiger partial charge in [-0.25, -0.2) is 17.2 Å². The number of nitrogens with one attached hydrogen (secondary N) is 1. The van der Waals surface area contributed by atoms with Crippen molar-refractivity contribution < 1.29 is 27.1 Å². The van der Waals surface area contributed by atoms with Crippen LogP contribution in [0, 0.1) is 11.6 Å². The van der Waals surface area contributed by atoms with Crippen LogP contribution >= 0.6 is 15.9 Å². The highest BCUT2D eigenvalue weighted by atomic mass is 79.9. The molecule has 0 heterocycles. The SMILES string of the molecule is CN(CC(=O)NCC(O)c1ccc(F)cc1F)S(=O)(=O)c1ccc(Br)cc1. The van der Waals surface area contributed by atoms with Gasteiger partial charge in [-0.15, -0.1) is 0 Å². The molecule has 2 N–H and O–H groups in total. The summed E-state index contributed by atoms with van der Waals surface area (Å²) in [6.07, 6.45) is -1.40. The first-order chi connectivity index (χ1) is 12.6. The molecule has 2 aromatic carbocycles. The number of halogens is 3. The summed E-state index contributed by atoms with van der Waals surface area (Å²) in [4.78, 5) is 12.0. The number of aliphatic hydroxyl groups is 1. The molecule has 2 aromatic rings. The third-order valence-corrected chi connectivity index (χ3v) is 6.05. The second-order valence-electron chi connectivity index (χ2n) is 5.70. The molecule has 0 spiro atoms. The maximum atomic E-state index is 13.6. The Morgan fingerprint density at radius 2 is 1.85 bits per heavy atom. The lowest BCUT2D eigenvalue weighted by Crippen LogP contribution is -2.39. The van der Waals surface area contributed by atoms with Gasteiger partial charge in [-0.05, 0) is 30.3 Å². The Morgan fingerprint density at radius 1 is 1.22 bits per heavy atom. The number of amides is 1. The number of hydrogen-bond donors (Lipinski definition) is 2. The van der Waals surface area contributed by atoms with Crippen molar-refractivity contribution in [1.82, 2.24) is 9.62 Å². The zero-order valence-corrected chi connectivity index (χ0v) is 16.6. The van der Waals surface area contributed by atoms with Crippen LogP contribution in [0.1, 0.15) is 11.7 Å². The zero-order chi connectivity index (χ0) is 20.2. The Kier molecular flexibility index (Phi) is 7.04. The largest absolute Gasteiger partial charge is 0.386 e. The van der Waals surface area contributed by atoms with E-state index in [4.69, 9.17) is 0 Å². The standard InChI is InChI=1S/C17H17BrF2N2O4S/c1-22(27(25,26)13-5-2-11(18)3-6-13)10-17(24)21-9-16(23)14-7-4-12(19)8-15(14)20/h2-8,16,23H,9-10H2,1H3,(H,21,24). The third kappa shape index (κ3) is 5.55. The molecule has 0 radical (unpaired) electrons. The van der Waals surface area contributed by atoms with Gasteiger partial charge in [-0.3, -0.25) is 4.79 Å². The van der Waals surface area contributed by atoms with Crippen LogP contribution in [0.4, 0.5) is 8.78 Å². The van der Waals surface area contributed by atoms with Crippen LogP contribution in [0.15, 0.2) is 51.8 Å². The van der Waals surface area contributed by atoms with Crippen molar-refractivity contribution in [2.45, 2.75) is 11.0 Å². The van der Waals surface area contributed by atoms with Gasteiger partial charge in [-0.2, -0.15) is 4.31 Å². The molecule has 10 heteroatoms. The van der Waals surface area contributed by atoms with E-state index in [2.05, 4.69) is 21.2 Å². The summed E-state index contributed by atoms with van der Waals surface area (Å²) in [5, 5.41) is 12.2. The fourth-order valence-electron chi connectivity index (χ4n) is 2.22. The van der Waals surface area contributed by atoms with Gasteiger partial charge in [0.15, 0.2) is 0 Å². The van der Waals surface area contributed by atoms with Gasteiger partial charge < -0.3 is 10.4 Å². The van der Waals surface area contributed by atoms with Gasteiger partial charge in [0, 0.05) is 29.7 Å². The Morgan fingerprint density at radius 3 is 2.44 bits per heavy atom. The van der Waals surface area contributed by atoms with Crippen LogP contribution in [0.25, 0.3) is 0 Å². The van der Waals surface area contributed by atoms with E-state index in [-0.39, 0.29) is 17.0 Å². The molecule has 0 saturated heterocycles. The first kappa shape index (κ1) is 21.4. The number of hydrogen-bond acceptors (Lipinski definition) is 4. The van der Waals surface area contributed by atoms with Crippen LogP contribution in [0.2, 0.25) is 0 Å². The fourth-order valence-corrected chi connectivity index (χ4v) is 3.61. The average Bonchev–Trinajstić information content (AvgIpc) is 2.60. The van der Waals surface area contributed by atoms with Gasteiger partial charge in [0.25, 0.3) is 0 Å². The second-order valence-corrected chi connectivity index (χ2v) is 8.66. The Balaban J connectivity index is 1.95. The highest BCUT2D eigenvalue weighted by Gasteiger charge is 2.23. The van der Waals surface area contributed by atoms with Crippen molar-refractivity contribution in [2.75, 3.05) is 20.1 Å². The van der Waals surface area contributed by atoms with Crippen molar-refractivity contribution in [3.8, 4) is 0 Å². The van der Waals surface area contributed by atoms with Gasteiger partial charge in [0.1, 0.15) is 11.6 Å². The molecule has 0 aliphatic carbocycles. The quantitative estimate of drug-likeness (QED) is 0.660. The number of carbonyl (C=O) groups excluding carboxylic acids is 1. The molecule has 146 valence electrons. The summed E-state index contributed by atoms with van der Waals surface area (Å²) in [5.74, 6) is -2.40. The lowest BCUT2D eigenvalue weighted by atomic mass is 10.1. The van der Waals surface area contributed by atoms with Crippen LogP contribution < -0.4 is 5.32 Å². The molecular formula is C17H17BrF2N2O4S. The molecule has 0 aliphatic rings. The number of nitrogens with zero attached hydrogens (tertiary/aromatic N) is 1. The molecule has 0 aliphatic heterocycles.